The Morgan fingerprint density at radius 3 is 2.71 bits per heavy atom. The zero-order valence-electron chi connectivity index (χ0n) is 12.3. The Labute approximate surface area is 134 Å². The number of hydrogen-bond acceptors (Lipinski definition) is 8. The van der Waals surface area contributed by atoms with Gasteiger partial charge in [-0.25, -0.2) is 9.55 Å². The molecule has 24 heavy (non-hydrogen) atoms. The maximum Gasteiger partial charge on any atom is 0.470 e. The van der Waals surface area contributed by atoms with Crippen molar-refractivity contribution in [1.29, 1.82) is 0 Å². The summed E-state index contributed by atoms with van der Waals surface area (Å²) in [4.78, 5) is 37.2. The monoisotopic (exact) mass is 362 g/mol. The lowest BCUT2D eigenvalue weighted by atomic mass is 10.1. The van der Waals surface area contributed by atoms with Gasteiger partial charge in [0.1, 0.15) is 30.3 Å². The number of imidazole rings is 1. The molecule has 0 unspecified atom stereocenters. The first-order chi connectivity index (χ1) is 11.2. The Balaban J connectivity index is 2.03. The summed E-state index contributed by atoms with van der Waals surface area (Å²) >= 11 is 0. The van der Waals surface area contributed by atoms with Gasteiger partial charge in [0.05, 0.1) is 12.9 Å². The fraction of sp³-hybridized carbons (Fsp3) is 0.545. The first-order valence-corrected chi connectivity index (χ1v) is 8.32. The van der Waals surface area contributed by atoms with Crippen LogP contribution in [-0.2, 0) is 20.9 Å². The van der Waals surface area contributed by atoms with Gasteiger partial charge in [-0.15, -0.1) is 0 Å². The number of rotatable bonds is 4. The predicted molar refractivity (Wildman–Crippen MR) is 76.7 cm³/mol. The van der Waals surface area contributed by atoms with Crippen molar-refractivity contribution in [2.45, 2.75) is 24.5 Å². The van der Waals surface area contributed by atoms with Crippen molar-refractivity contribution < 1.29 is 33.8 Å². The summed E-state index contributed by atoms with van der Waals surface area (Å²) < 4.78 is 23.8. The van der Waals surface area contributed by atoms with E-state index in [9.17, 15) is 19.6 Å². The zero-order chi connectivity index (χ0) is 17.6. The van der Waals surface area contributed by atoms with Gasteiger partial charge in [-0.05, 0) is 0 Å². The van der Waals surface area contributed by atoms with Gasteiger partial charge >= 0.3 is 13.4 Å². The van der Waals surface area contributed by atoms with E-state index < -0.39 is 44.5 Å². The van der Waals surface area contributed by atoms with Crippen LogP contribution in [0.5, 0.6) is 0 Å². The molecular weight excluding hydrogens is 347 g/mol. The normalized spacial score (nSPS) is 27.9. The average Bonchev–Trinajstić information content (AvgIpc) is 3.05. The largest absolute Gasteiger partial charge is 0.470 e. The Morgan fingerprint density at radius 1 is 1.38 bits per heavy atom. The molecule has 1 aliphatic rings. The van der Waals surface area contributed by atoms with E-state index in [-0.39, 0.29) is 11.2 Å². The first kappa shape index (κ1) is 17.2. The van der Waals surface area contributed by atoms with Gasteiger partial charge < -0.3 is 29.3 Å². The molecule has 0 bridgehead atoms. The van der Waals surface area contributed by atoms with Crippen LogP contribution in [0.3, 0.4) is 0 Å². The predicted octanol–water partition coefficient (Wildman–Crippen LogP) is -2.14. The maximum absolute atomic E-state index is 11.7. The lowest BCUT2D eigenvalue weighted by Crippen LogP contribution is -2.35. The van der Waals surface area contributed by atoms with Crippen molar-refractivity contribution in [3.8, 4) is 0 Å². The van der Waals surface area contributed by atoms with Gasteiger partial charge in [-0.3, -0.25) is 13.9 Å². The molecule has 4 atom stereocenters. The lowest BCUT2D eigenvalue weighted by Gasteiger charge is -2.20. The molecule has 2 aromatic rings. The number of fused-ring (bicyclic) bond motifs is 1. The van der Waals surface area contributed by atoms with Crippen LogP contribution in [0.1, 0.15) is 6.23 Å². The molecule has 3 rings (SSSR count). The van der Waals surface area contributed by atoms with E-state index in [0.717, 1.165) is 0 Å². The van der Waals surface area contributed by atoms with Crippen LogP contribution in [0.15, 0.2) is 17.4 Å². The minimum Gasteiger partial charge on any atom is -0.394 e. The van der Waals surface area contributed by atoms with Crippen molar-refractivity contribution in [3.05, 3.63) is 23.0 Å². The molecule has 2 aromatic heterocycles. The average molecular weight is 362 g/mol. The molecule has 1 saturated heterocycles. The molecule has 1 fully saturated rings. The molecule has 0 spiro atoms. The summed E-state index contributed by atoms with van der Waals surface area (Å²) in [5.74, 6) is 0. The molecule has 1 aliphatic heterocycles. The molecule has 0 aliphatic carbocycles. The number of hydrogen-bond donors (Lipinski definition) is 4. The van der Waals surface area contributed by atoms with Crippen LogP contribution in [0.2, 0.25) is 0 Å². The second-order valence-corrected chi connectivity index (χ2v) is 6.48. The maximum atomic E-state index is 11.7. The van der Waals surface area contributed by atoms with Crippen molar-refractivity contribution in [2.75, 3.05) is 6.61 Å². The third-order valence-corrected chi connectivity index (χ3v) is 4.19. The fourth-order valence-corrected chi connectivity index (χ4v) is 3.26. The quantitative estimate of drug-likeness (QED) is 0.440. The van der Waals surface area contributed by atoms with E-state index >= 15 is 0 Å². The fourth-order valence-electron chi connectivity index (χ4n) is 2.68. The summed E-state index contributed by atoms with van der Waals surface area (Å²) in [6.07, 6.45) is -2.83. The highest BCUT2D eigenvalue weighted by Crippen LogP contribution is 2.44. The third-order valence-electron chi connectivity index (χ3n) is 3.68. The SMILES string of the molecule is Cn1cnc(=O)c2ncn([C@@H]3O[C@H](CO)[C@@H](OP(=O)(O)O)[C@H]3O)c21. The van der Waals surface area contributed by atoms with E-state index in [0.29, 0.717) is 0 Å². The van der Waals surface area contributed by atoms with Crippen LogP contribution in [0, 0.1) is 0 Å². The minimum absolute atomic E-state index is 0.0377. The molecular formula is C11H15N4O8P. The molecule has 132 valence electrons. The zero-order valence-corrected chi connectivity index (χ0v) is 13.2. The number of aliphatic hydroxyl groups is 2. The molecule has 0 radical (unpaired) electrons. The van der Waals surface area contributed by atoms with E-state index in [2.05, 4.69) is 14.5 Å². The summed E-state index contributed by atoms with van der Waals surface area (Å²) in [5.41, 5.74) is -0.251. The number of aliphatic hydroxyl groups excluding tert-OH is 2. The van der Waals surface area contributed by atoms with Crippen LogP contribution in [0.4, 0.5) is 0 Å². The summed E-state index contributed by atoms with van der Waals surface area (Å²) in [5, 5.41) is 19.7. The summed E-state index contributed by atoms with van der Waals surface area (Å²) in [6.45, 7) is -0.634. The van der Waals surface area contributed by atoms with E-state index in [1.54, 1.807) is 7.05 Å². The van der Waals surface area contributed by atoms with E-state index in [4.69, 9.17) is 14.5 Å². The minimum atomic E-state index is -4.91. The molecule has 4 N–H and O–H groups in total. The molecule has 0 saturated carbocycles. The Hall–Kier alpha value is -1.66. The second kappa shape index (κ2) is 6.01. The molecule has 3 heterocycles. The Bertz CT molecular complexity index is 859. The van der Waals surface area contributed by atoms with Crippen molar-refractivity contribution in [1.82, 2.24) is 19.1 Å². The number of phosphoric ester groups is 1. The van der Waals surface area contributed by atoms with Crippen molar-refractivity contribution in [3.63, 3.8) is 0 Å². The second-order valence-electron chi connectivity index (χ2n) is 5.28. The van der Waals surface area contributed by atoms with Crippen LogP contribution in [-0.4, -0.2) is 64.0 Å². The molecule has 12 nitrogen and oxygen atoms in total. The number of aryl methyl sites for hydroxylation is 1. The van der Waals surface area contributed by atoms with Crippen LogP contribution >= 0.6 is 7.82 Å². The number of phosphoric acid groups is 1. The number of ether oxygens (including phenoxy) is 1. The Morgan fingerprint density at radius 2 is 2.08 bits per heavy atom. The molecule has 0 aromatic carbocycles. The van der Waals surface area contributed by atoms with Gasteiger partial charge in [0.15, 0.2) is 11.7 Å². The van der Waals surface area contributed by atoms with Crippen molar-refractivity contribution >= 4 is 19.0 Å². The van der Waals surface area contributed by atoms with E-state index in [1.807, 2.05) is 0 Å². The summed E-state index contributed by atoms with van der Waals surface area (Å²) in [7, 11) is -3.31. The van der Waals surface area contributed by atoms with Gasteiger partial charge in [-0.2, -0.15) is 4.98 Å². The summed E-state index contributed by atoms with van der Waals surface area (Å²) in [6, 6.07) is 0. The first-order valence-electron chi connectivity index (χ1n) is 6.79. The third kappa shape index (κ3) is 2.89. The van der Waals surface area contributed by atoms with Gasteiger partial charge in [0, 0.05) is 7.05 Å². The highest BCUT2D eigenvalue weighted by atomic mass is 31.2. The van der Waals surface area contributed by atoms with E-state index in [1.165, 1.54) is 21.8 Å². The van der Waals surface area contributed by atoms with Gasteiger partial charge in [-0.1, -0.05) is 0 Å². The number of aromatic nitrogens is 4. The number of nitrogens with zero attached hydrogens (tertiary/aromatic N) is 4. The van der Waals surface area contributed by atoms with Crippen LogP contribution < -0.4 is 5.56 Å². The van der Waals surface area contributed by atoms with Crippen LogP contribution in [0.25, 0.3) is 11.2 Å². The Kier molecular flexibility index (Phi) is 4.30. The smallest absolute Gasteiger partial charge is 0.394 e. The molecule has 13 heteroatoms. The highest BCUT2D eigenvalue weighted by Gasteiger charge is 2.48. The topological polar surface area (TPSA) is 169 Å². The van der Waals surface area contributed by atoms with Gasteiger partial charge in [0.25, 0.3) is 0 Å². The van der Waals surface area contributed by atoms with Gasteiger partial charge in [0.2, 0.25) is 0 Å². The molecule has 0 amide bonds. The standard InChI is InChI=1S/C11H15N4O8P/c1-14-3-13-9(18)6-10(14)15(4-12-6)11-7(17)8(5(2-16)22-11)23-24(19,20)21/h3-5,7-8,11,16-17H,2H2,1H3,(H2,19,20,21)/t5-,7-,8-,11-/m1/s1. The lowest BCUT2D eigenvalue weighted by molar-refractivity contribution is -0.0511. The van der Waals surface area contributed by atoms with Crippen molar-refractivity contribution in [2.24, 2.45) is 7.05 Å². The highest BCUT2D eigenvalue weighted by molar-refractivity contribution is 7.46.